The fourth-order valence-electron chi connectivity index (χ4n) is 3.02. The van der Waals surface area contributed by atoms with Crippen molar-refractivity contribution in [3.05, 3.63) is 76.0 Å². The summed E-state index contributed by atoms with van der Waals surface area (Å²) in [6.07, 6.45) is 0. The molecule has 0 spiro atoms. The third-order valence-electron chi connectivity index (χ3n) is 4.26. The predicted molar refractivity (Wildman–Crippen MR) is 103 cm³/mol. The number of ether oxygens (including phenoxy) is 1. The number of thiocarbonyl (C=S) groups is 1. The van der Waals surface area contributed by atoms with Gasteiger partial charge in [-0.3, -0.25) is 4.90 Å². The van der Waals surface area contributed by atoms with Crippen molar-refractivity contribution in [2.45, 2.75) is 13.0 Å². The molecule has 1 aliphatic heterocycles. The molecule has 1 N–H and O–H groups in total. The minimum atomic E-state index is -1.12. The van der Waals surface area contributed by atoms with Gasteiger partial charge in [0.25, 0.3) is 0 Å². The first-order chi connectivity index (χ1) is 12.8. The zero-order valence-electron chi connectivity index (χ0n) is 14.4. The Morgan fingerprint density at radius 3 is 2.33 bits per heavy atom. The van der Waals surface area contributed by atoms with E-state index in [9.17, 15) is 13.6 Å². The fourth-order valence-corrected chi connectivity index (χ4v) is 3.51. The Balaban J connectivity index is 2.19. The Morgan fingerprint density at radius 1 is 1.19 bits per heavy atom. The van der Waals surface area contributed by atoms with Crippen LogP contribution in [-0.2, 0) is 9.53 Å². The van der Waals surface area contributed by atoms with Gasteiger partial charge in [0.15, 0.2) is 5.11 Å². The van der Waals surface area contributed by atoms with Crippen LogP contribution in [0.2, 0.25) is 5.02 Å². The van der Waals surface area contributed by atoms with Crippen molar-refractivity contribution in [3.8, 4) is 0 Å². The van der Waals surface area contributed by atoms with Crippen molar-refractivity contribution < 1.29 is 18.3 Å². The van der Waals surface area contributed by atoms with Gasteiger partial charge < -0.3 is 10.1 Å². The summed E-state index contributed by atoms with van der Waals surface area (Å²) in [6.45, 7) is 1.64. The van der Waals surface area contributed by atoms with Crippen LogP contribution in [-0.4, -0.2) is 18.2 Å². The molecule has 1 heterocycles. The third kappa shape index (κ3) is 3.52. The second-order valence-corrected chi connectivity index (χ2v) is 6.64. The van der Waals surface area contributed by atoms with Gasteiger partial charge in [0.05, 0.1) is 24.3 Å². The molecular weight excluding hydrogens is 394 g/mol. The summed E-state index contributed by atoms with van der Waals surface area (Å²) < 4.78 is 33.6. The van der Waals surface area contributed by atoms with Crippen LogP contribution in [0.3, 0.4) is 0 Å². The average Bonchev–Trinajstić information content (AvgIpc) is 2.62. The van der Waals surface area contributed by atoms with Crippen LogP contribution in [0.15, 0.2) is 53.7 Å². The van der Waals surface area contributed by atoms with Gasteiger partial charge in [0, 0.05) is 16.4 Å². The highest BCUT2D eigenvalue weighted by atomic mass is 35.5. The number of anilines is 1. The molecule has 0 radical (unpaired) electrons. The van der Waals surface area contributed by atoms with E-state index in [-0.39, 0.29) is 16.2 Å². The lowest BCUT2D eigenvalue weighted by molar-refractivity contribution is -0.136. The number of carbonyl (C=O) groups excluding carboxylic acids is 1. The van der Waals surface area contributed by atoms with Crippen LogP contribution in [0.4, 0.5) is 14.5 Å². The molecule has 140 valence electrons. The quantitative estimate of drug-likeness (QED) is 0.598. The van der Waals surface area contributed by atoms with Crippen molar-refractivity contribution in [2.24, 2.45) is 0 Å². The van der Waals surface area contributed by atoms with Crippen molar-refractivity contribution in [1.29, 1.82) is 0 Å². The molecule has 27 heavy (non-hydrogen) atoms. The van der Waals surface area contributed by atoms with Crippen LogP contribution in [0.25, 0.3) is 0 Å². The second-order valence-electron chi connectivity index (χ2n) is 5.82. The number of rotatable bonds is 3. The van der Waals surface area contributed by atoms with Crippen molar-refractivity contribution >= 4 is 40.6 Å². The molecule has 0 amide bonds. The van der Waals surface area contributed by atoms with E-state index >= 15 is 0 Å². The van der Waals surface area contributed by atoms with Crippen molar-refractivity contribution in [1.82, 2.24) is 5.32 Å². The molecule has 1 aliphatic rings. The number of allylic oxidation sites excluding steroid dienone is 1. The standard InChI is InChI=1S/C19H15ClF2N2O2S/c1-10-15(18(25)26-2)17(16-13(21)4-3-5-14(16)22)23-19(27)24(10)12-8-6-11(20)7-9-12/h3-9,17H,1-2H3,(H,23,27)/t17-/m0/s1. The summed E-state index contributed by atoms with van der Waals surface area (Å²) in [5.74, 6) is -2.29. The van der Waals surface area contributed by atoms with Gasteiger partial charge in [-0.2, -0.15) is 0 Å². The van der Waals surface area contributed by atoms with Crippen LogP contribution in [0.5, 0.6) is 0 Å². The van der Waals surface area contributed by atoms with Crippen molar-refractivity contribution in [3.63, 3.8) is 0 Å². The molecule has 0 aromatic heterocycles. The molecule has 1 atom stereocenters. The Morgan fingerprint density at radius 2 is 1.78 bits per heavy atom. The van der Waals surface area contributed by atoms with E-state index in [1.807, 2.05) is 0 Å². The maximum absolute atomic E-state index is 14.4. The first kappa shape index (κ1) is 19.3. The van der Waals surface area contributed by atoms with E-state index < -0.39 is 23.6 Å². The summed E-state index contributed by atoms with van der Waals surface area (Å²) in [5, 5.41) is 3.59. The lowest BCUT2D eigenvalue weighted by Gasteiger charge is -2.37. The van der Waals surface area contributed by atoms with Gasteiger partial charge in [0.1, 0.15) is 11.6 Å². The minimum absolute atomic E-state index is 0.0602. The molecule has 4 nitrogen and oxygen atoms in total. The van der Waals surface area contributed by atoms with Crippen LogP contribution in [0.1, 0.15) is 18.5 Å². The molecule has 0 fully saturated rings. The zero-order chi connectivity index (χ0) is 19.7. The van der Waals surface area contributed by atoms with Crippen molar-refractivity contribution in [2.75, 3.05) is 12.0 Å². The zero-order valence-corrected chi connectivity index (χ0v) is 16.0. The lowest BCUT2D eigenvalue weighted by atomic mass is 9.94. The number of carbonyl (C=O) groups is 1. The molecule has 0 unspecified atom stereocenters. The number of benzene rings is 2. The number of esters is 1. The Hall–Kier alpha value is -2.51. The normalized spacial score (nSPS) is 17.0. The molecule has 2 aromatic rings. The number of hydrogen-bond donors (Lipinski definition) is 1. The molecule has 0 saturated carbocycles. The Bertz CT molecular complexity index is 927. The molecule has 0 saturated heterocycles. The van der Waals surface area contributed by atoms with Gasteiger partial charge in [-0.25, -0.2) is 13.6 Å². The van der Waals surface area contributed by atoms with Gasteiger partial charge >= 0.3 is 5.97 Å². The van der Waals surface area contributed by atoms with Crippen LogP contribution >= 0.6 is 23.8 Å². The molecular formula is C19H15ClF2N2O2S. The number of nitrogens with zero attached hydrogens (tertiary/aromatic N) is 1. The smallest absolute Gasteiger partial charge is 0.337 e. The number of hydrogen-bond acceptors (Lipinski definition) is 3. The van der Waals surface area contributed by atoms with E-state index in [1.165, 1.54) is 13.2 Å². The second kappa shape index (κ2) is 7.62. The van der Waals surface area contributed by atoms with E-state index in [0.717, 1.165) is 12.1 Å². The highest BCUT2D eigenvalue weighted by Gasteiger charge is 2.37. The van der Waals surface area contributed by atoms with Gasteiger partial charge in [-0.05, 0) is 55.5 Å². The highest BCUT2D eigenvalue weighted by molar-refractivity contribution is 7.80. The number of halogens is 3. The molecule has 0 aliphatic carbocycles. The fraction of sp³-hybridized carbons (Fsp3) is 0.158. The van der Waals surface area contributed by atoms with E-state index in [0.29, 0.717) is 16.4 Å². The summed E-state index contributed by atoms with van der Waals surface area (Å²) in [5.41, 5.74) is 0.809. The third-order valence-corrected chi connectivity index (χ3v) is 4.82. The maximum atomic E-state index is 14.4. The summed E-state index contributed by atoms with van der Waals surface area (Å²) in [6, 6.07) is 9.18. The Labute approximate surface area is 165 Å². The van der Waals surface area contributed by atoms with E-state index in [2.05, 4.69) is 5.32 Å². The monoisotopic (exact) mass is 408 g/mol. The summed E-state index contributed by atoms with van der Waals surface area (Å²) >= 11 is 11.3. The predicted octanol–water partition coefficient (Wildman–Crippen LogP) is 4.50. The van der Waals surface area contributed by atoms with Crippen LogP contribution in [0, 0.1) is 11.6 Å². The molecule has 3 rings (SSSR count). The van der Waals surface area contributed by atoms with Crippen LogP contribution < -0.4 is 10.2 Å². The Kier molecular flexibility index (Phi) is 5.43. The lowest BCUT2D eigenvalue weighted by Crippen LogP contribution is -2.48. The average molecular weight is 409 g/mol. The number of methoxy groups -OCH3 is 1. The SMILES string of the molecule is COC(=O)C1=C(C)N(c2ccc(Cl)cc2)C(=S)N[C@@H]1c1c(F)cccc1F. The first-order valence-corrected chi connectivity index (χ1v) is 8.73. The first-order valence-electron chi connectivity index (χ1n) is 7.94. The summed E-state index contributed by atoms with van der Waals surface area (Å²) in [4.78, 5) is 14.1. The van der Waals surface area contributed by atoms with E-state index in [4.69, 9.17) is 28.6 Å². The van der Waals surface area contributed by atoms with Gasteiger partial charge in [-0.15, -0.1) is 0 Å². The number of nitrogens with one attached hydrogen (secondary N) is 1. The molecule has 0 bridgehead atoms. The minimum Gasteiger partial charge on any atom is -0.466 e. The van der Waals surface area contributed by atoms with Gasteiger partial charge in [0.2, 0.25) is 0 Å². The summed E-state index contributed by atoms with van der Waals surface area (Å²) in [7, 11) is 1.21. The molecule has 8 heteroatoms. The maximum Gasteiger partial charge on any atom is 0.337 e. The largest absolute Gasteiger partial charge is 0.466 e. The van der Waals surface area contributed by atoms with E-state index in [1.54, 1.807) is 36.1 Å². The molecule has 2 aromatic carbocycles. The van der Waals surface area contributed by atoms with Gasteiger partial charge in [-0.1, -0.05) is 17.7 Å². The topological polar surface area (TPSA) is 41.6 Å². The highest BCUT2D eigenvalue weighted by Crippen LogP contribution is 2.36.